The molecule has 0 spiro atoms. The van der Waals surface area contributed by atoms with Gasteiger partial charge in [0.15, 0.2) is 23.1 Å². The van der Waals surface area contributed by atoms with Crippen molar-refractivity contribution in [1.29, 1.82) is 0 Å². The van der Waals surface area contributed by atoms with E-state index in [1.807, 2.05) is 111 Å². The summed E-state index contributed by atoms with van der Waals surface area (Å²) in [5.41, 5.74) is 1.99. The average molecular weight is 1680 g/mol. The number of ketones is 4. The number of Topliss-reactive ketones (excluding diaryl/α,β-unsaturated/α-hetero) is 4. The third-order valence-electron chi connectivity index (χ3n) is 23.3. The number of rotatable bonds is 60. The van der Waals surface area contributed by atoms with Crippen molar-refractivity contribution >= 4 is 93.9 Å². The minimum Gasteiger partial charge on any atom is -0.446 e. The number of unbranched alkanes of at least 4 members (excludes halogenated alkanes) is 12. The maximum absolute atomic E-state index is 15.4. The van der Waals surface area contributed by atoms with E-state index in [0.29, 0.717) is 278 Å². The molecule has 121 heavy (non-hydrogen) atoms. The molecule has 0 radical (unpaired) electrons. The van der Waals surface area contributed by atoms with E-state index in [1.165, 1.54) is 19.6 Å². The van der Waals surface area contributed by atoms with Crippen molar-refractivity contribution in [2.75, 3.05) is 98.1 Å². The van der Waals surface area contributed by atoms with Gasteiger partial charge in [0, 0.05) is 149 Å². The topological polar surface area (TPSA) is 268 Å². The fraction of sp³-hybridized carbons (Fsp3) is 0.629. The highest BCUT2D eigenvalue weighted by Gasteiger charge is 2.55. The third kappa shape index (κ3) is 31.7. The number of amides is 8. The molecule has 0 saturated heterocycles. The highest BCUT2D eigenvalue weighted by Crippen LogP contribution is 2.35. The van der Waals surface area contributed by atoms with Gasteiger partial charge < -0.3 is 38.5 Å². The summed E-state index contributed by atoms with van der Waals surface area (Å²) in [5.74, 6) is -3.10. The number of ether oxygens (including phenoxy) is 4. The fourth-order valence-electron chi connectivity index (χ4n) is 15.5. The average Bonchev–Trinajstić information content (AvgIpc) is 0.764. The second kappa shape index (κ2) is 57.0. The summed E-state index contributed by atoms with van der Waals surface area (Å²) in [5, 5.41) is 0. The molecule has 8 amide bonds. The van der Waals surface area contributed by atoms with Crippen LogP contribution in [-0.2, 0) is 38.1 Å². The van der Waals surface area contributed by atoms with Crippen molar-refractivity contribution < 1.29 is 76.5 Å². The molecule has 672 valence electrons. The SMILES string of the molecule is CCC(CCCCCCC(=O)C(C(=O)CCCCCCC(CC)OC(=O)N(CC)c1ccc(C(=O)N(CC)CC)cc1)(C(=O)CCCCCCC(CC)OC(=O)N(CC)c1ccc(C(=O)N(CC)CC)cc1)C(=O)CCCCCCC(CC)OC(=O)N(CC)c1ccc(C(=O)N(CC)CC)cc1)OC(=O)N(CC)c1ccc(C(=O)N(CC)CC)cc1. The van der Waals surface area contributed by atoms with Crippen molar-refractivity contribution in [3.05, 3.63) is 119 Å². The van der Waals surface area contributed by atoms with Crippen LogP contribution in [0.5, 0.6) is 0 Å². The number of benzene rings is 4. The molecule has 4 rings (SSSR count). The summed E-state index contributed by atoms with van der Waals surface area (Å²) in [6, 6.07) is 27.7. The van der Waals surface area contributed by atoms with Crippen LogP contribution < -0.4 is 19.6 Å². The lowest BCUT2D eigenvalue weighted by atomic mass is 9.67. The van der Waals surface area contributed by atoms with Gasteiger partial charge in [-0.15, -0.1) is 0 Å². The maximum Gasteiger partial charge on any atom is 0.414 e. The van der Waals surface area contributed by atoms with E-state index in [0.717, 1.165) is 0 Å². The standard InChI is InChI=1S/C97H148N8O16/c1-17-81(118-93(114)102(29-13)77-65-57-73(58-66-77)89(110)98(21-5)22-6)49-41-33-37-45-53-85(106)97(86(107)54-46-38-34-42-50-82(18-2)119-94(115)103(30-14)78-67-59-74(60-68-78)90(111)99(23-7)24-8,87(108)55-47-39-35-43-51-83(19-3)120-95(116)104(31-15)79-69-61-75(62-70-79)91(112)100(25-9)26-10)88(109)56-48-40-36-44-52-84(20-4)121-96(117)105(32-16)80-71-63-76(64-72-80)92(113)101(27-11)28-12/h57-72,81-84H,17-56H2,1-16H3. The lowest BCUT2D eigenvalue weighted by molar-refractivity contribution is -0.155. The van der Waals surface area contributed by atoms with Crippen LogP contribution in [0, 0.1) is 5.41 Å². The molecule has 24 heteroatoms. The third-order valence-corrected chi connectivity index (χ3v) is 23.3. The molecule has 4 aromatic carbocycles. The van der Waals surface area contributed by atoms with E-state index >= 15 is 19.2 Å². The predicted octanol–water partition coefficient (Wildman–Crippen LogP) is 21.3. The minimum atomic E-state index is -2.52. The smallest absolute Gasteiger partial charge is 0.414 e. The second-order valence-corrected chi connectivity index (χ2v) is 31.0. The number of hydrogen-bond donors (Lipinski definition) is 0. The van der Waals surface area contributed by atoms with Crippen LogP contribution in [0.4, 0.5) is 41.9 Å². The molecule has 4 aromatic rings. The Morgan fingerprint density at radius 1 is 0.231 bits per heavy atom. The lowest BCUT2D eigenvalue weighted by Crippen LogP contribution is -2.52. The van der Waals surface area contributed by atoms with E-state index < -0.39 is 77.3 Å². The molecule has 0 saturated carbocycles. The molecule has 0 aliphatic rings. The van der Waals surface area contributed by atoms with Gasteiger partial charge in [-0.2, -0.15) is 0 Å². The first kappa shape index (κ1) is 104. The van der Waals surface area contributed by atoms with Crippen LogP contribution in [0.3, 0.4) is 0 Å². The molecular weight excluding hydrogens is 1530 g/mol. The van der Waals surface area contributed by atoms with Crippen molar-refractivity contribution in [3.63, 3.8) is 0 Å². The molecule has 4 unspecified atom stereocenters. The van der Waals surface area contributed by atoms with Crippen molar-refractivity contribution in [3.8, 4) is 0 Å². The van der Waals surface area contributed by atoms with Crippen LogP contribution >= 0.6 is 0 Å². The van der Waals surface area contributed by atoms with E-state index in [2.05, 4.69) is 0 Å². The Balaban J connectivity index is 1.56. The number of hydrogen-bond acceptors (Lipinski definition) is 16. The number of nitrogens with zero attached hydrogens (tertiary/aromatic N) is 8. The Morgan fingerprint density at radius 3 is 0.545 bits per heavy atom. The van der Waals surface area contributed by atoms with Gasteiger partial charge in [-0.3, -0.25) is 58.0 Å². The zero-order chi connectivity index (χ0) is 89.4. The van der Waals surface area contributed by atoms with Crippen LogP contribution in [0.1, 0.15) is 332 Å². The van der Waals surface area contributed by atoms with Crippen LogP contribution in [-0.4, -0.2) is 194 Å². The monoisotopic (exact) mass is 1680 g/mol. The second-order valence-electron chi connectivity index (χ2n) is 31.0. The molecule has 0 aliphatic carbocycles. The summed E-state index contributed by atoms with van der Waals surface area (Å²) < 4.78 is 24.3. The quantitative estimate of drug-likeness (QED) is 0.0226. The molecule has 0 fully saturated rings. The van der Waals surface area contributed by atoms with Gasteiger partial charge in [-0.1, -0.05) is 79.1 Å². The first-order valence-electron chi connectivity index (χ1n) is 46.0. The fourth-order valence-corrected chi connectivity index (χ4v) is 15.5. The van der Waals surface area contributed by atoms with Crippen molar-refractivity contribution in [2.24, 2.45) is 5.41 Å². The summed E-state index contributed by atoms with van der Waals surface area (Å²) >= 11 is 0. The summed E-state index contributed by atoms with van der Waals surface area (Å²) in [6.45, 7) is 36.6. The van der Waals surface area contributed by atoms with Gasteiger partial charge in [0.1, 0.15) is 24.4 Å². The highest BCUT2D eigenvalue weighted by atomic mass is 16.6. The molecule has 0 bridgehead atoms. The highest BCUT2D eigenvalue weighted by molar-refractivity contribution is 6.38. The minimum absolute atomic E-state index is 0.0874. The number of anilines is 4. The Hall–Kier alpha value is -9.48. The molecule has 0 aliphatic heterocycles. The molecule has 0 heterocycles. The van der Waals surface area contributed by atoms with Crippen molar-refractivity contribution in [1.82, 2.24) is 19.6 Å². The zero-order valence-corrected chi connectivity index (χ0v) is 76.4. The van der Waals surface area contributed by atoms with Gasteiger partial charge in [0.2, 0.25) is 5.41 Å². The largest absolute Gasteiger partial charge is 0.446 e. The van der Waals surface area contributed by atoms with Gasteiger partial charge in [0.05, 0.1) is 0 Å². The molecule has 0 aromatic heterocycles. The van der Waals surface area contributed by atoms with Gasteiger partial charge >= 0.3 is 24.4 Å². The number of carbonyl (C=O) groups excluding carboxylic acids is 12. The Labute approximate surface area is 724 Å². The molecule has 4 atom stereocenters. The van der Waals surface area contributed by atoms with Gasteiger partial charge in [-0.25, -0.2) is 19.2 Å². The summed E-state index contributed by atoms with van der Waals surface area (Å²) in [7, 11) is 0. The predicted molar refractivity (Wildman–Crippen MR) is 482 cm³/mol. The lowest BCUT2D eigenvalue weighted by Gasteiger charge is -2.29. The van der Waals surface area contributed by atoms with Crippen LogP contribution in [0.15, 0.2) is 97.1 Å². The Morgan fingerprint density at radius 2 is 0.397 bits per heavy atom. The first-order valence-corrected chi connectivity index (χ1v) is 46.0. The van der Waals surface area contributed by atoms with Gasteiger partial charge in [0.25, 0.3) is 23.6 Å². The van der Waals surface area contributed by atoms with Gasteiger partial charge in [-0.05, 0) is 283 Å². The zero-order valence-electron chi connectivity index (χ0n) is 76.4. The summed E-state index contributed by atoms with van der Waals surface area (Å²) in [4.78, 5) is 182. The van der Waals surface area contributed by atoms with E-state index in [4.69, 9.17) is 18.9 Å². The number of carbonyl (C=O) groups is 12. The van der Waals surface area contributed by atoms with Crippen LogP contribution in [0.2, 0.25) is 0 Å². The Bertz CT molecular complexity index is 3310. The van der Waals surface area contributed by atoms with Crippen molar-refractivity contribution in [2.45, 2.75) is 315 Å². The maximum atomic E-state index is 15.4. The Kier molecular flexibility index (Phi) is 48.9. The molecule has 24 nitrogen and oxygen atoms in total. The summed E-state index contributed by atoms with van der Waals surface area (Å²) in [6.07, 6.45) is 8.49. The normalized spacial score (nSPS) is 12.6. The van der Waals surface area contributed by atoms with E-state index in [1.54, 1.807) is 117 Å². The molecular formula is C97H148N8O16. The van der Waals surface area contributed by atoms with E-state index in [-0.39, 0.29) is 49.3 Å². The first-order chi connectivity index (χ1) is 58.3. The van der Waals surface area contributed by atoms with E-state index in [9.17, 15) is 38.4 Å². The van der Waals surface area contributed by atoms with Crippen LogP contribution in [0.25, 0.3) is 0 Å². The molecule has 0 N–H and O–H groups in total.